The third-order valence-electron chi connectivity index (χ3n) is 6.08. The SMILES string of the molecule is FC=CCCc1cc(-c2ccccc2)cc(CCC=CF)c1-c1ccc2cc(OC(F)(F)F)ccc2c1. The normalized spacial score (nSPS) is 12.1. The van der Waals surface area contributed by atoms with Crippen LogP contribution in [0.15, 0.2) is 104 Å². The number of allylic oxidation sites excluding steroid dienone is 2. The first-order valence-corrected chi connectivity index (χ1v) is 11.9. The van der Waals surface area contributed by atoms with E-state index in [1.165, 1.54) is 24.3 Å². The number of aryl methyl sites for hydroxylation is 2. The van der Waals surface area contributed by atoms with Crippen molar-refractivity contribution in [2.24, 2.45) is 0 Å². The van der Waals surface area contributed by atoms with E-state index in [-0.39, 0.29) is 5.75 Å². The summed E-state index contributed by atoms with van der Waals surface area (Å²) in [5, 5.41) is 1.36. The number of rotatable bonds is 9. The summed E-state index contributed by atoms with van der Waals surface area (Å²) in [5.74, 6) is -0.280. The molecule has 0 heterocycles. The lowest BCUT2D eigenvalue weighted by atomic mass is 9.86. The average Bonchev–Trinajstić information content (AvgIpc) is 2.88. The highest BCUT2D eigenvalue weighted by atomic mass is 19.4. The van der Waals surface area contributed by atoms with Crippen molar-refractivity contribution < 1.29 is 26.7 Å². The zero-order valence-electron chi connectivity index (χ0n) is 19.9. The molecule has 37 heavy (non-hydrogen) atoms. The molecule has 6 heteroatoms. The summed E-state index contributed by atoms with van der Waals surface area (Å²) in [6, 6.07) is 23.9. The van der Waals surface area contributed by atoms with Crippen molar-refractivity contribution in [2.45, 2.75) is 32.0 Å². The number of hydrogen-bond acceptors (Lipinski definition) is 1. The molecule has 4 aromatic carbocycles. The lowest BCUT2D eigenvalue weighted by molar-refractivity contribution is -0.274. The molecule has 0 saturated carbocycles. The molecule has 0 fully saturated rings. The van der Waals surface area contributed by atoms with Gasteiger partial charge in [0.15, 0.2) is 0 Å². The summed E-state index contributed by atoms with van der Waals surface area (Å²) >= 11 is 0. The maximum atomic E-state index is 12.8. The molecule has 0 radical (unpaired) electrons. The van der Waals surface area contributed by atoms with Gasteiger partial charge < -0.3 is 4.74 Å². The van der Waals surface area contributed by atoms with Crippen LogP contribution >= 0.6 is 0 Å². The molecular weight excluding hydrogens is 483 g/mol. The minimum Gasteiger partial charge on any atom is -0.406 e. The molecule has 1 nitrogen and oxygen atoms in total. The molecule has 0 saturated heterocycles. The van der Waals surface area contributed by atoms with Crippen LogP contribution in [0, 0.1) is 0 Å². The smallest absolute Gasteiger partial charge is 0.406 e. The van der Waals surface area contributed by atoms with E-state index >= 15 is 0 Å². The van der Waals surface area contributed by atoms with Gasteiger partial charge in [-0.1, -0.05) is 72.8 Å². The highest BCUT2D eigenvalue weighted by Crippen LogP contribution is 2.37. The van der Waals surface area contributed by atoms with Crippen molar-refractivity contribution in [3.63, 3.8) is 0 Å². The van der Waals surface area contributed by atoms with E-state index < -0.39 is 6.36 Å². The van der Waals surface area contributed by atoms with Crippen molar-refractivity contribution in [1.82, 2.24) is 0 Å². The maximum Gasteiger partial charge on any atom is 0.573 e. The molecule has 190 valence electrons. The van der Waals surface area contributed by atoms with Gasteiger partial charge in [0, 0.05) is 0 Å². The second kappa shape index (κ2) is 11.9. The first-order valence-electron chi connectivity index (χ1n) is 11.9. The van der Waals surface area contributed by atoms with Crippen LogP contribution in [0.4, 0.5) is 22.0 Å². The molecule has 0 atom stereocenters. The Labute approximate surface area is 212 Å². The fourth-order valence-electron chi connectivity index (χ4n) is 4.51. The van der Waals surface area contributed by atoms with Crippen LogP contribution in [0.1, 0.15) is 24.0 Å². The molecular formula is C31H25F5O. The van der Waals surface area contributed by atoms with E-state index in [1.807, 2.05) is 42.5 Å². The molecule has 0 unspecified atom stereocenters. The molecule has 4 rings (SSSR count). The Morgan fingerprint density at radius 2 is 1.22 bits per heavy atom. The van der Waals surface area contributed by atoms with E-state index in [1.54, 1.807) is 12.1 Å². The number of ether oxygens (including phenoxy) is 1. The number of hydrogen-bond donors (Lipinski definition) is 0. The van der Waals surface area contributed by atoms with Gasteiger partial charge in [-0.05, 0) is 88.0 Å². The Balaban J connectivity index is 1.84. The van der Waals surface area contributed by atoms with E-state index in [0.717, 1.165) is 38.8 Å². The van der Waals surface area contributed by atoms with Crippen molar-refractivity contribution in [3.8, 4) is 28.0 Å². The van der Waals surface area contributed by atoms with Crippen LogP contribution in [0.25, 0.3) is 33.0 Å². The summed E-state index contributed by atoms with van der Waals surface area (Å²) in [5.41, 5.74) is 5.92. The third kappa shape index (κ3) is 6.85. The zero-order valence-corrected chi connectivity index (χ0v) is 19.9. The molecule has 0 bridgehead atoms. The fraction of sp³-hybridized carbons (Fsp3) is 0.161. The summed E-state index contributed by atoms with van der Waals surface area (Å²) in [6.07, 6.45) is 1.39. The average molecular weight is 509 g/mol. The van der Waals surface area contributed by atoms with Gasteiger partial charge in [-0.3, -0.25) is 0 Å². The topological polar surface area (TPSA) is 9.23 Å². The maximum absolute atomic E-state index is 12.8. The fourth-order valence-corrected chi connectivity index (χ4v) is 4.51. The van der Waals surface area contributed by atoms with Gasteiger partial charge >= 0.3 is 6.36 Å². The lowest BCUT2D eigenvalue weighted by Crippen LogP contribution is -2.16. The van der Waals surface area contributed by atoms with Gasteiger partial charge in [0.2, 0.25) is 0 Å². The zero-order chi connectivity index (χ0) is 26.3. The molecule has 0 spiro atoms. The second-order valence-electron chi connectivity index (χ2n) is 8.61. The highest BCUT2D eigenvalue weighted by molar-refractivity contribution is 5.90. The predicted octanol–water partition coefficient (Wildman–Crippen LogP) is 9.90. The van der Waals surface area contributed by atoms with Gasteiger partial charge in [-0.25, -0.2) is 8.78 Å². The van der Waals surface area contributed by atoms with Crippen LogP contribution < -0.4 is 4.74 Å². The minimum atomic E-state index is -4.76. The summed E-state index contributed by atoms with van der Waals surface area (Å²) in [7, 11) is 0. The van der Waals surface area contributed by atoms with Crippen molar-refractivity contribution in [1.29, 1.82) is 0 Å². The Morgan fingerprint density at radius 1 is 0.622 bits per heavy atom. The van der Waals surface area contributed by atoms with Crippen molar-refractivity contribution >= 4 is 10.8 Å². The Morgan fingerprint density at radius 3 is 1.81 bits per heavy atom. The first kappa shape index (κ1) is 26.1. The van der Waals surface area contributed by atoms with Gasteiger partial charge in [-0.15, -0.1) is 13.2 Å². The monoisotopic (exact) mass is 508 g/mol. The van der Waals surface area contributed by atoms with E-state index in [9.17, 15) is 22.0 Å². The van der Waals surface area contributed by atoms with Gasteiger partial charge in [0.25, 0.3) is 0 Å². The van der Waals surface area contributed by atoms with Crippen LogP contribution in [-0.2, 0) is 12.8 Å². The highest BCUT2D eigenvalue weighted by Gasteiger charge is 2.31. The van der Waals surface area contributed by atoms with E-state index in [4.69, 9.17) is 0 Å². The molecule has 0 aromatic heterocycles. The lowest BCUT2D eigenvalue weighted by Gasteiger charge is -2.19. The summed E-state index contributed by atoms with van der Waals surface area (Å²) in [6.45, 7) is 0. The summed E-state index contributed by atoms with van der Waals surface area (Å²) in [4.78, 5) is 0. The van der Waals surface area contributed by atoms with Crippen molar-refractivity contribution in [3.05, 3.63) is 115 Å². The second-order valence-corrected chi connectivity index (χ2v) is 8.61. The van der Waals surface area contributed by atoms with Crippen LogP contribution in [0.2, 0.25) is 0 Å². The first-order chi connectivity index (χ1) is 17.9. The standard InChI is InChI=1S/C31H25F5O/c32-16-6-4-10-25-19-28(22-8-2-1-3-9-22)20-26(11-5-7-17-33)30(25)27-13-12-24-21-29(37-31(34,35)36)15-14-23(24)18-27/h1-3,6-9,12-21H,4-5,10-11H2. The Bertz CT molecular complexity index is 1370. The van der Waals surface area contributed by atoms with Gasteiger partial charge in [-0.2, -0.15) is 0 Å². The number of fused-ring (bicyclic) bond motifs is 1. The van der Waals surface area contributed by atoms with Crippen LogP contribution in [0.5, 0.6) is 5.75 Å². The largest absolute Gasteiger partial charge is 0.573 e. The molecule has 0 aliphatic heterocycles. The van der Waals surface area contributed by atoms with Crippen molar-refractivity contribution in [2.75, 3.05) is 0 Å². The molecule has 4 aromatic rings. The van der Waals surface area contributed by atoms with E-state index in [0.29, 0.717) is 43.7 Å². The number of benzene rings is 4. The van der Waals surface area contributed by atoms with Gasteiger partial charge in [0.1, 0.15) is 5.75 Å². The van der Waals surface area contributed by atoms with E-state index in [2.05, 4.69) is 16.9 Å². The number of halogens is 5. The third-order valence-corrected chi connectivity index (χ3v) is 6.08. The summed E-state index contributed by atoms with van der Waals surface area (Å²) < 4.78 is 67.5. The van der Waals surface area contributed by atoms with Crippen LogP contribution in [0.3, 0.4) is 0 Å². The number of alkyl halides is 3. The van der Waals surface area contributed by atoms with Crippen LogP contribution in [-0.4, -0.2) is 6.36 Å². The molecule has 0 aliphatic carbocycles. The Kier molecular flexibility index (Phi) is 8.39. The minimum absolute atomic E-state index is 0.280. The molecule has 0 amide bonds. The van der Waals surface area contributed by atoms with Gasteiger partial charge in [0.05, 0.1) is 12.7 Å². The quantitative estimate of drug-likeness (QED) is 0.204. The Hall–Kier alpha value is -3.93. The molecule has 0 aliphatic rings. The molecule has 0 N–H and O–H groups in total. The predicted molar refractivity (Wildman–Crippen MR) is 139 cm³/mol.